The van der Waals surface area contributed by atoms with Crippen LogP contribution >= 0.6 is 0 Å². The quantitative estimate of drug-likeness (QED) is 0.671. The first-order chi connectivity index (χ1) is 16.3. The highest BCUT2D eigenvalue weighted by molar-refractivity contribution is 5.91. The Balaban J connectivity index is 1.34. The van der Waals surface area contributed by atoms with E-state index in [0.717, 1.165) is 44.2 Å². The van der Waals surface area contributed by atoms with E-state index in [-0.39, 0.29) is 11.3 Å². The van der Waals surface area contributed by atoms with Gasteiger partial charge in [-0.25, -0.2) is 0 Å². The number of carbonyl (C=O) groups excluding carboxylic acids is 1. The van der Waals surface area contributed by atoms with Crippen LogP contribution in [0.2, 0.25) is 0 Å². The van der Waals surface area contributed by atoms with Crippen LogP contribution < -0.4 is 10.1 Å². The minimum atomic E-state index is -4.41. The molecule has 1 N–H and O–H groups in total. The molecule has 0 bridgehead atoms. The maximum absolute atomic E-state index is 13.6. The Hall–Kier alpha value is -2.54. The monoisotopic (exact) mass is 472 g/mol. The minimum Gasteiger partial charge on any atom is -0.496 e. The fraction of sp³-hybridized carbons (Fsp3) is 0.519. The normalized spacial score (nSPS) is 23.5. The van der Waals surface area contributed by atoms with Gasteiger partial charge in [0.15, 0.2) is 0 Å². The van der Waals surface area contributed by atoms with Gasteiger partial charge in [-0.3, -0.25) is 4.79 Å². The van der Waals surface area contributed by atoms with Gasteiger partial charge in [-0.05, 0) is 67.3 Å². The third-order valence-corrected chi connectivity index (χ3v) is 8.35. The van der Waals surface area contributed by atoms with Crippen molar-refractivity contribution in [2.24, 2.45) is 5.41 Å². The smallest absolute Gasteiger partial charge is 0.416 e. The molecule has 2 aromatic rings. The number of nitrogens with zero attached hydrogens (tertiary/aromatic N) is 1. The van der Waals surface area contributed by atoms with E-state index in [2.05, 4.69) is 11.4 Å². The Labute approximate surface area is 198 Å². The Morgan fingerprint density at radius 3 is 2.44 bits per heavy atom. The summed E-state index contributed by atoms with van der Waals surface area (Å²) in [7, 11) is 1.70. The molecule has 7 heteroatoms. The molecule has 1 atom stereocenters. The number of alkyl halides is 3. The van der Waals surface area contributed by atoms with Gasteiger partial charge in [-0.2, -0.15) is 13.2 Å². The third kappa shape index (κ3) is 3.98. The highest BCUT2D eigenvalue weighted by Crippen LogP contribution is 2.53. The molecule has 182 valence electrons. The fourth-order valence-electron chi connectivity index (χ4n) is 6.17. The first-order valence-electron chi connectivity index (χ1n) is 12.1. The van der Waals surface area contributed by atoms with E-state index >= 15 is 0 Å². The molecule has 4 nitrogen and oxygen atoms in total. The zero-order chi connectivity index (χ0) is 24.0. The molecule has 34 heavy (non-hydrogen) atoms. The number of halogens is 3. The van der Waals surface area contributed by atoms with E-state index in [1.807, 2.05) is 23.1 Å². The molecular formula is C27H31F3N2O2. The number of likely N-dealkylation sites (tertiary alicyclic amines) is 1. The van der Waals surface area contributed by atoms with Gasteiger partial charge in [-0.15, -0.1) is 0 Å². The van der Waals surface area contributed by atoms with Crippen LogP contribution in [0.5, 0.6) is 5.75 Å². The number of benzene rings is 2. The maximum atomic E-state index is 13.6. The maximum Gasteiger partial charge on any atom is 0.416 e. The lowest BCUT2D eigenvalue weighted by atomic mass is 9.62. The number of ether oxygens (including phenoxy) is 1. The summed E-state index contributed by atoms with van der Waals surface area (Å²) < 4.78 is 45.4. The molecule has 1 saturated carbocycles. The van der Waals surface area contributed by atoms with Crippen molar-refractivity contribution < 1.29 is 22.7 Å². The number of rotatable bonds is 4. The SMILES string of the molecule is COc1ccccc1C1CNCCC12CCN(C(=O)C1(c3cccc(C(F)(F)F)c3)CC1)CC2. The summed E-state index contributed by atoms with van der Waals surface area (Å²) in [6.07, 6.45) is -0.361. The number of methoxy groups -OCH3 is 1. The van der Waals surface area contributed by atoms with E-state index in [0.29, 0.717) is 37.4 Å². The van der Waals surface area contributed by atoms with Crippen LogP contribution in [0.15, 0.2) is 48.5 Å². The highest BCUT2D eigenvalue weighted by atomic mass is 19.4. The molecule has 3 aliphatic rings. The average molecular weight is 473 g/mol. The van der Waals surface area contributed by atoms with Crippen molar-refractivity contribution in [3.8, 4) is 5.75 Å². The van der Waals surface area contributed by atoms with Crippen LogP contribution in [-0.2, 0) is 16.4 Å². The van der Waals surface area contributed by atoms with Gasteiger partial charge in [-0.1, -0.05) is 36.4 Å². The fourth-order valence-corrected chi connectivity index (χ4v) is 6.17. The summed E-state index contributed by atoms with van der Waals surface area (Å²) in [5.74, 6) is 1.19. The van der Waals surface area contributed by atoms with Gasteiger partial charge in [0.2, 0.25) is 5.91 Å². The summed E-state index contributed by atoms with van der Waals surface area (Å²) in [5.41, 5.74) is 0.322. The number of piperidine rings is 2. The van der Waals surface area contributed by atoms with E-state index in [9.17, 15) is 18.0 Å². The first-order valence-corrected chi connectivity index (χ1v) is 12.1. The Bertz CT molecular complexity index is 1060. The predicted molar refractivity (Wildman–Crippen MR) is 124 cm³/mol. The summed E-state index contributed by atoms with van der Waals surface area (Å²) in [6.45, 7) is 3.12. The number of carbonyl (C=O) groups is 1. The number of para-hydroxylation sites is 1. The summed E-state index contributed by atoms with van der Waals surface area (Å²) in [5, 5.41) is 3.54. The highest BCUT2D eigenvalue weighted by Gasteiger charge is 2.55. The lowest BCUT2D eigenvalue weighted by molar-refractivity contribution is -0.139. The molecule has 2 saturated heterocycles. The van der Waals surface area contributed by atoms with Crippen LogP contribution in [0.3, 0.4) is 0 Å². The zero-order valence-electron chi connectivity index (χ0n) is 19.5. The van der Waals surface area contributed by atoms with Gasteiger partial charge in [0.25, 0.3) is 0 Å². The Morgan fingerprint density at radius 2 is 1.76 bits per heavy atom. The number of hydrogen-bond donors (Lipinski definition) is 1. The zero-order valence-corrected chi connectivity index (χ0v) is 19.5. The van der Waals surface area contributed by atoms with Crippen molar-refractivity contribution in [2.75, 3.05) is 33.3 Å². The van der Waals surface area contributed by atoms with E-state index in [1.54, 1.807) is 13.2 Å². The molecule has 0 aromatic heterocycles. The van der Waals surface area contributed by atoms with Crippen molar-refractivity contribution in [3.05, 3.63) is 65.2 Å². The van der Waals surface area contributed by atoms with Crippen LogP contribution in [0.1, 0.15) is 54.7 Å². The second-order valence-electron chi connectivity index (χ2n) is 10.1. The molecule has 2 aromatic carbocycles. The van der Waals surface area contributed by atoms with Crippen LogP contribution in [0.4, 0.5) is 13.2 Å². The van der Waals surface area contributed by atoms with Gasteiger partial charge in [0, 0.05) is 25.6 Å². The molecule has 1 unspecified atom stereocenters. The standard InChI is InChI=1S/C27H31F3N2O2/c1-34-23-8-3-2-7-21(23)22-18-31-14-11-25(22)12-15-32(16-13-25)24(33)26(9-10-26)19-5-4-6-20(17-19)27(28,29)30/h2-8,17,22,31H,9-16,18H2,1H3. The number of hydrogen-bond acceptors (Lipinski definition) is 3. The van der Waals surface area contributed by atoms with Crippen molar-refractivity contribution >= 4 is 5.91 Å². The van der Waals surface area contributed by atoms with Gasteiger partial charge in [0.1, 0.15) is 5.75 Å². The summed E-state index contributed by atoms with van der Waals surface area (Å²) in [6, 6.07) is 13.5. The average Bonchev–Trinajstić information content (AvgIpc) is 3.66. The molecule has 2 aliphatic heterocycles. The Morgan fingerprint density at radius 1 is 1.03 bits per heavy atom. The van der Waals surface area contributed by atoms with Crippen molar-refractivity contribution in [3.63, 3.8) is 0 Å². The second-order valence-corrected chi connectivity index (χ2v) is 10.1. The third-order valence-electron chi connectivity index (χ3n) is 8.35. The number of nitrogens with one attached hydrogen (secondary N) is 1. The Kier molecular flexibility index (Phi) is 5.87. The molecular weight excluding hydrogens is 441 g/mol. The van der Waals surface area contributed by atoms with E-state index < -0.39 is 17.2 Å². The van der Waals surface area contributed by atoms with Gasteiger partial charge >= 0.3 is 6.18 Å². The van der Waals surface area contributed by atoms with Crippen LogP contribution in [0, 0.1) is 5.41 Å². The van der Waals surface area contributed by atoms with Crippen LogP contribution in [-0.4, -0.2) is 44.1 Å². The number of amides is 1. The topological polar surface area (TPSA) is 41.6 Å². The molecule has 0 radical (unpaired) electrons. The molecule has 3 fully saturated rings. The summed E-state index contributed by atoms with van der Waals surface area (Å²) >= 11 is 0. The molecule has 1 aliphatic carbocycles. The molecule has 2 heterocycles. The second kappa shape index (κ2) is 8.59. The van der Waals surface area contributed by atoms with E-state index in [4.69, 9.17) is 4.74 Å². The first kappa shape index (κ1) is 23.2. The molecule has 1 spiro atoms. The summed E-state index contributed by atoms with van der Waals surface area (Å²) in [4.78, 5) is 15.5. The molecule has 1 amide bonds. The van der Waals surface area contributed by atoms with Crippen LogP contribution in [0.25, 0.3) is 0 Å². The van der Waals surface area contributed by atoms with Crippen molar-refractivity contribution in [1.82, 2.24) is 10.2 Å². The predicted octanol–water partition coefficient (Wildman–Crippen LogP) is 5.13. The van der Waals surface area contributed by atoms with E-state index in [1.165, 1.54) is 17.7 Å². The lowest BCUT2D eigenvalue weighted by Crippen LogP contribution is -2.52. The molecule has 5 rings (SSSR count). The van der Waals surface area contributed by atoms with Gasteiger partial charge in [0.05, 0.1) is 18.1 Å². The largest absolute Gasteiger partial charge is 0.496 e. The van der Waals surface area contributed by atoms with Crippen molar-refractivity contribution in [1.29, 1.82) is 0 Å². The van der Waals surface area contributed by atoms with Crippen molar-refractivity contribution in [2.45, 2.75) is 49.6 Å². The van der Waals surface area contributed by atoms with Gasteiger partial charge < -0.3 is 15.0 Å². The lowest BCUT2D eigenvalue weighted by Gasteiger charge is -2.50. The minimum absolute atomic E-state index is 0.00977.